The first-order chi connectivity index (χ1) is 12.0. The van der Waals surface area contributed by atoms with Crippen LogP contribution in [0.2, 0.25) is 0 Å². The summed E-state index contributed by atoms with van der Waals surface area (Å²) in [5.41, 5.74) is 3.04. The molecule has 2 rings (SSSR count). The Morgan fingerprint density at radius 1 is 1.08 bits per heavy atom. The van der Waals surface area contributed by atoms with Crippen molar-refractivity contribution in [2.75, 3.05) is 20.8 Å². The Hall–Kier alpha value is -2.40. The predicted molar refractivity (Wildman–Crippen MR) is 98.8 cm³/mol. The Morgan fingerprint density at radius 2 is 1.76 bits per heavy atom. The molecule has 0 radical (unpaired) electrons. The number of para-hydroxylation sites is 1. The molecule has 0 bridgehead atoms. The van der Waals surface area contributed by atoms with Crippen LogP contribution in [0.25, 0.3) is 0 Å². The molecule has 2 aromatic carbocycles. The zero-order chi connectivity index (χ0) is 18.4. The van der Waals surface area contributed by atoms with E-state index in [0.29, 0.717) is 24.7 Å². The van der Waals surface area contributed by atoms with Gasteiger partial charge in [0.15, 0.2) is 23.0 Å². The van der Waals surface area contributed by atoms with E-state index in [4.69, 9.17) is 14.2 Å². The molecule has 0 heterocycles. The number of aryl methyl sites for hydroxylation is 1. The molecule has 0 saturated heterocycles. The van der Waals surface area contributed by atoms with Gasteiger partial charge in [0.05, 0.1) is 20.8 Å². The summed E-state index contributed by atoms with van der Waals surface area (Å²) >= 11 is 0. The molecule has 0 spiro atoms. The first-order valence-corrected chi connectivity index (χ1v) is 8.41. The summed E-state index contributed by atoms with van der Waals surface area (Å²) in [4.78, 5) is 0. The second-order valence-corrected chi connectivity index (χ2v) is 5.86. The molecule has 2 aromatic rings. The van der Waals surface area contributed by atoms with Gasteiger partial charge in [0, 0.05) is 18.2 Å². The fraction of sp³-hybridized carbons (Fsp3) is 0.400. The average molecular weight is 345 g/mol. The number of benzene rings is 2. The van der Waals surface area contributed by atoms with E-state index < -0.39 is 0 Å². The maximum absolute atomic E-state index is 10.3. The molecule has 136 valence electrons. The van der Waals surface area contributed by atoms with Crippen molar-refractivity contribution in [2.24, 2.45) is 0 Å². The van der Waals surface area contributed by atoms with Gasteiger partial charge in [-0.3, -0.25) is 0 Å². The fourth-order valence-corrected chi connectivity index (χ4v) is 2.82. The lowest BCUT2D eigenvalue weighted by Crippen LogP contribution is -2.19. The first-order valence-electron chi connectivity index (χ1n) is 8.41. The van der Waals surface area contributed by atoms with Crippen molar-refractivity contribution >= 4 is 0 Å². The number of hydrogen-bond donors (Lipinski definition) is 2. The van der Waals surface area contributed by atoms with Crippen molar-refractivity contribution in [2.45, 2.75) is 33.4 Å². The van der Waals surface area contributed by atoms with Gasteiger partial charge in [0.2, 0.25) is 0 Å². The highest BCUT2D eigenvalue weighted by molar-refractivity contribution is 5.48. The first kappa shape index (κ1) is 18.9. The average Bonchev–Trinajstić information content (AvgIpc) is 2.62. The molecular weight excluding hydrogens is 318 g/mol. The Balaban J connectivity index is 2.15. The summed E-state index contributed by atoms with van der Waals surface area (Å²) in [7, 11) is 3.26. The van der Waals surface area contributed by atoms with Gasteiger partial charge < -0.3 is 24.6 Å². The standard InChI is InChI=1S/C20H27NO4/c1-6-25-17-9-7-8-15(20(17)22)12-21-14(3)16-11-19(24-5)18(23-4)10-13(16)2/h7-11,14,21-22H,6,12H2,1-5H3. The van der Waals surface area contributed by atoms with Gasteiger partial charge in [-0.15, -0.1) is 0 Å². The van der Waals surface area contributed by atoms with Gasteiger partial charge in [-0.25, -0.2) is 0 Å². The van der Waals surface area contributed by atoms with Gasteiger partial charge in [0.25, 0.3) is 0 Å². The van der Waals surface area contributed by atoms with Crippen LogP contribution in [0.1, 0.15) is 36.6 Å². The largest absolute Gasteiger partial charge is 0.504 e. The number of ether oxygens (including phenoxy) is 3. The van der Waals surface area contributed by atoms with Crippen LogP contribution in [-0.2, 0) is 6.54 Å². The van der Waals surface area contributed by atoms with Crippen LogP contribution in [0.3, 0.4) is 0 Å². The smallest absolute Gasteiger partial charge is 0.162 e. The third kappa shape index (κ3) is 4.37. The Kier molecular flexibility index (Phi) is 6.53. The summed E-state index contributed by atoms with van der Waals surface area (Å²) in [6, 6.07) is 9.58. The zero-order valence-electron chi connectivity index (χ0n) is 15.6. The normalized spacial score (nSPS) is 11.9. The third-order valence-corrected chi connectivity index (χ3v) is 4.22. The van der Waals surface area contributed by atoms with Crippen LogP contribution in [0, 0.1) is 6.92 Å². The van der Waals surface area contributed by atoms with E-state index in [9.17, 15) is 5.11 Å². The van der Waals surface area contributed by atoms with Crippen molar-refractivity contribution in [3.05, 3.63) is 47.0 Å². The highest BCUT2D eigenvalue weighted by Gasteiger charge is 2.15. The van der Waals surface area contributed by atoms with E-state index in [1.54, 1.807) is 20.3 Å². The summed E-state index contributed by atoms with van der Waals surface area (Å²) in [5, 5.41) is 13.7. The van der Waals surface area contributed by atoms with E-state index in [1.165, 1.54) is 0 Å². The predicted octanol–water partition coefficient (Wildman–Crippen LogP) is 3.97. The number of methoxy groups -OCH3 is 2. The number of phenolic OH excluding ortho intramolecular Hbond substituents is 1. The molecule has 1 atom stereocenters. The minimum absolute atomic E-state index is 0.0787. The lowest BCUT2D eigenvalue weighted by Gasteiger charge is -2.20. The molecule has 25 heavy (non-hydrogen) atoms. The second kappa shape index (κ2) is 8.62. The van der Waals surface area contributed by atoms with Crippen molar-refractivity contribution in [1.82, 2.24) is 5.32 Å². The van der Waals surface area contributed by atoms with E-state index in [2.05, 4.69) is 12.2 Å². The van der Waals surface area contributed by atoms with Crippen molar-refractivity contribution in [3.8, 4) is 23.0 Å². The van der Waals surface area contributed by atoms with Gasteiger partial charge in [-0.1, -0.05) is 12.1 Å². The zero-order valence-corrected chi connectivity index (χ0v) is 15.6. The van der Waals surface area contributed by atoms with Crippen molar-refractivity contribution in [3.63, 3.8) is 0 Å². The Labute approximate surface area is 149 Å². The molecule has 1 unspecified atom stereocenters. The van der Waals surface area contributed by atoms with Gasteiger partial charge >= 0.3 is 0 Å². The third-order valence-electron chi connectivity index (χ3n) is 4.22. The summed E-state index contributed by atoms with van der Waals surface area (Å²) < 4.78 is 16.2. The molecule has 0 aromatic heterocycles. The molecule has 0 aliphatic carbocycles. The van der Waals surface area contributed by atoms with Crippen LogP contribution < -0.4 is 19.5 Å². The monoisotopic (exact) mass is 345 g/mol. The van der Waals surface area contributed by atoms with Crippen molar-refractivity contribution in [1.29, 1.82) is 0 Å². The summed E-state index contributed by atoms with van der Waals surface area (Å²) in [5.74, 6) is 2.13. The number of nitrogens with one attached hydrogen (secondary N) is 1. The molecule has 0 aliphatic rings. The molecule has 0 aliphatic heterocycles. The molecule has 0 saturated carbocycles. The van der Waals surface area contributed by atoms with E-state index in [0.717, 1.165) is 22.4 Å². The van der Waals surface area contributed by atoms with Gasteiger partial charge in [-0.05, 0) is 50.1 Å². The van der Waals surface area contributed by atoms with Gasteiger partial charge in [-0.2, -0.15) is 0 Å². The minimum atomic E-state index is 0.0787. The van der Waals surface area contributed by atoms with Gasteiger partial charge in [0.1, 0.15) is 0 Å². The molecule has 5 nitrogen and oxygen atoms in total. The maximum Gasteiger partial charge on any atom is 0.162 e. The molecule has 5 heteroatoms. The molecule has 2 N–H and O–H groups in total. The van der Waals surface area contributed by atoms with E-state index in [-0.39, 0.29) is 11.8 Å². The van der Waals surface area contributed by atoms with E-state index in [1.807, 2.05) is 38.1 Å². The Bertz CT molecular complexity index is 715. The van der Waals surface area contributed by atoms with Crippen LogP contribution >= 0.6 is 0 Å². The lowest BCUT2D eigenvalue weighted by molar-refractivity contribution is 0.316. The van der Waals surface area contributed by atoms with Crippen LogP contribution in [0.5, 0.6) is 23.0 Å². The van der Waals surface area contributed by atoms with Crippen LogP contribution in [0.15, 0.2) is 30.3 Å². The number of hydrogen-bond acceptors (Lipinski definition) is 5. The molecule has 0 amide bonds. The van der Waals surface area contributed by atoms with Crippen LogP contribution in [0.4, 0.5) is 0 Å². The SMILES string of the molecule is CCOc1cccc(CNC(C)c2cc(OC)c(OC)cc2C)c1O. The number of phenols is 1. The summed E-state index contributed by atoms with van der Waals surface area (Å²) in [6.45, 7) is 7.07. The number of aromatic hydroxyl groups is 1. The topological polar surface area (TPSA) is 60.0 Å². The van der Waals surface area contributed by atoms with Crippen LogP contribution in [-0.4, -0.2) is 25.9 Å². The second-order valence-electron chi connectivity index (χ2n) is 5.86. The van der Waals surface area contributed by atoms with Crippen molar-refractivity contribution < 1.29 is 19.3 Å². The fourth-order valence-electron chi connectivity index (χ4n) is 2.82. The Morgan fingerprint density at radius 3 is 2.40 bits per heavy atom. The number of rotatable bonds is 8. The molecular formula is C20H27NO4. The molecule has 0 fully saturated rings. The highest BCUT2D eigenvalue weighted by Crippen LogP contribution is 2.34. The lowest BCUT2D eigenvalue weighted by atomic mass is 10.0. The summed E-state index contributed by atoms with van der Waals surface area (Å²) in [6.07, 6.45) is 0. The van der Waals surface area contributed by atoms with E-state index >= 15 is 0 Å². The highest BCUT2D eigenvalue weighted by atomic mass is 16.5. The minimum Gasteiger partial charge on any atom is -0.504 e. The quantitative estimate of drug-likeness (QED) is 0.758. The maximum atomic E-state index is 10.3.